The van der Waals surface area contributed by atoms with Crippen molar-refractivity contribution in [2.45, 2.75) is 26.4 Å². The fraction of sp³-hybridized carbons (Fsp3) is 0.545. The summed E-state index contributed by atoms with van der Waals surface area (Å²) >= 11 is 0. The van der Waals surface area contributed by atoms with Crippen molar-refractivity contribution in [2.24, 2.45) is 5.92 Å². The van der Waals surface area contributed by atoms with Crippen molar-refractivity contribution in [3.05, 3.63) is 24.2 Å². The summed E-state index contributed by atoms with van der Waals surface area (Å²) in [6.45, 7) is 4.34. The molecule has 0 saturated heterocycles. The van der Waals surface area contributed by atoms with Crippen LogP contribution in [0.5, 0.6) is 0 Å². The van der Waals surface area contributed by atoms with Gasteiger partial charge in [0.25, 0.3) is 5.91 Å². The molecule has 0 aliphatic rings. The Morgan fingerprint density at radius 2 is 2.33 bits per heavy atom. The van der Waals surface area contributed by atoms with E-state index in [0.29, 0.717) is 17.9 Å². The summed E-state index contributed by atoms with van der Waals surface area (Å²) < 4.78 is 4.78. The molecule has 1 heterocycles. The van der Waals surface area contributed by atoms with Crippen LogP contribution in [0.15, 0.2) is 23.0 Å². The molecule has 1 aromatic rings. The SMILES string of the molecule is CC(C)CC(O)CNC(=O)c1ccoc1. The molecule has 0 radical (unpaired) electrons. The smallest absolute Gasteiger partial charge is 0.254 e. The number of carbonyl (C=O) groups excluding carboxylic acids is 1. The van der Waals surface area contributed by atoms with E-state index in [0.717, 1.165) is 0 Å². The lowest BCUT2D eigenvalue weighted by molar-refractivity contribution is 0.0899. The van der Waals surface area contributed by atoms with Gasteiger partial charge >= 0.3 is 0 Å². The van der Waals surface area contributed by atoms with Crippen molar-refractivity contribution in [2.75, 3.05) is 6.54 Å². The van der Waals surface area contributed by atoms with E-state index in [1.807, 2.05) is 13.8 Å². The Kier molecular flexibility index (Phi) is 4.37. The third-order valence-electron chi connectivity index (χ3n) is 2.03. The molecule has 15 heavy (non-hydrogen) atoms. The maximum Gasteiger partial charge on any atom is 0.254 e. The molecule has 1 amide bonds. The third kappa shape index (κ3) is 4.16. The molecule has 0 aliphatic heterocycles. The van der Waals surface area contributed by atoms with Crippen LogP contribution in [0, 0.1) is 5.92 Å². The molecule has 0 saturated carbocycles. The van der Waals surface area contributed by atoms with Crippen LogP contribution in [0.25, 0.3) is 0 Å². The van der Waals surface area contributed by atoms with Gasteiger partial charge in [-0.05, 0) is 18.4 Å². The Bertz CT molecular complexity index is 293. The first-order valence-electron chi connectivity index (χ1n) is 5.08. The van der Waals surface area contributed by atoms with Crippen LogP contribution in [0.1, 0.15) is 30.6 Å². The molecule has 0 bridgehead atoms. The second-order valence-corrected chi connectivity index (χ2v) is 4.01. The van der Waals surface area contributed by atoms with Crippen LogP contribution in [0.3, 0.4) is 0 Å². The summed E-state index contributed by atoms with van der Waals surface area (Å²) in [4.78, 5) is 11.4. The minimum Gasteiger partial charge on any atom is -0.472 e. The molecule has 1 atom stereocenters. The van der Waals surface area contributed by atoms with Gasteiger partial charge in [-0.2, -0.15) is 0 Å². The maximum absolute atomic E-state index is 11.4. The second kappa shape index (κ2) is 5.56. The van der Waals surface area contributed by atoms with E-state index >= 15 is 0 Å². The van der Waals surface area contributed by atoms with Gasteiger partial charge in [0.15, 0.2) is 0 Å². The van der Waals surface area contributed by atoms with Gasteiger partial charge in [0.05, 0.1) is 17.9 Å². The fourth-order valence-electron chi connectivity index (χ4n) is 1.33. The molecule has 0 aliphatic carbocycles. The van der Waals surface area contributed by atoms with Gasteiger partial charge in [0, 0.05) is 6.54 Å². The molecular weight excluding hydrogens is 194 g/mol. The third-order valence-corrected chi connectivity index (χ3v) is 2.03. The minimum absolute atomic E-state index is 0.216. The average molecular weight is 211 g/mol. The van der Waals surface area contributed by atoms with Gasteiger partial charge in [-0.1, -0.05) is 13.8 Å². The number of nitrogens with one attached hydrogen (secondary N) is 1. The number of carbonyl (C=O) groups is 1. The highest BCUT2D eigenvalue weighted by molar-refractivity contribution is 5.93. The Balaban J connectivity index is 2.28. The highest BCUT2D eigenvalue weighted by Gasteiger charge is 2.10. The van der Waals surface area contributed by atoms with E-state index in [-0.39, 0.29) is 12.5 Å². The van der Waals surface area contributed by atoms with Gasteiger partial charge in [0.1, 0.15) is 6.26 Å². The molecule has 4 heteroatoms. The van der Waals surface area contributed by atoms with Crippen LogP contribution in [0.2, 0.25) is 0 Å². The Morgan fingerprint density at radius 1 is 1.60 bits per heavy atom. The molecule has 0 fully saturated rings. The number of hydrogen-bond acceptors (Lipinski definition) is 3. The summed E-state index contributed by atoms with van der Waals surface area (Å²) in [5, 5.41) is 12.2. The fourth-order valence-corrected chi connectivity index (χ4v) is 1.33. The zero-order valence-corrected chi connectivity index (χ0v) is 9.06. The minimum atomic E-state index is -0.485. The molecule has 4 nitrogen and oxygen atoms in total. The number of aliphatic hydroxyl groups is 1. The molecule has 1 rings (SSSR count). The van der Waals surface area contributed by atoms with Gasteiger partial charge in [-0.3, -0.25) is 4.79 Å². The average Bonchev–Trinajstić information content (AvgIpc) is 2.65. The Hall–Kier alpha value is -1.29. The van der Waals surface area contributed by atoms with Crippen molar-refractivity contribution in [3.63, 3.8) is 0 Å². The number of rotatable bonds is 5. The topological polar surface area (TPSA) is 62.5 Å². The predicted octanol–water partition coefficient (Wildman–Crippen LogP) is 1.42. The largest absolute Gasteiger partial charge is 0.472 e. The van der Waals surface area contributed by atoms with Crippen LogP contribution in [-0.4, -0.2) is 23.7 Å². The van der Waals surface area contributed by atoms with E-state index in [4.69, 9.17) is 4.42 Å². The first-order valence-corrected chi connectivity index (χ1v) is 5.08. The standard InChI is InChI=1S/C11H17NO3/c1-8(2)5-10(13)6-12-11(14)9-3-4-15-7-9/h3-4,7-8,10,13H,5-6H2,1-2H3,(H,12,14). The lowest BCUT2D eigenvalue weighted by Gasteiger charge is -2.13. The number of amides is 1. The van der Waals surface area contributed by atoms with Crippen molar-refractivity contribution < 1.29 is 14.3 Å². The van der Waals surface area contributed by atoms with Crippen molar-refractivity contribution in [3.8, 4) is 0 Å². The van der Waals surface area contributed by atoms with Crippen LogP contribution in [-0.2, 0) is 0 Å². The van der Waals surface area contributed by atoms with E-state index < -0.39 is 6.10 Å². The van der Waals surface area contributed by atoms with Crippen molar-refractivity contribution in [1.82, 2.24) is 5.32 Å². The summed E-state index contributed by atoms with van der Waals surface area (Å²) in [6.07, 6.45) is 3.02. The van der Waals surface area contributed by atoms with Crippen molar-refractivity contribution >= 4 is 5.91 Å². The van der Waals surface area contributed by atoms with Gasteiger partial charge in [-0.15, -0.1) is 0 Å². The molecule has 2 N–H and O–H groups in total. The number of hydrogen-bond donors (Lipinski definition) is 2. The van der Waals surface area contributed by atoms with Crippen LogP contribution < -0.4 is 5.32 Å². The highest BCUT2D eigenvalue weighted by atomic mass is 16.3. The normalized spacial score (nSPS) is 12.8. The van der Waals surface area contributed by atoms with E-state index in [2.05, 4.69) is 5.32 Å². The zero-order chi connectivity index (χ0) is 11.3. The molecule has 1 unspecified atom stereocenters. The monoisotopic (exact) mass is 211 g/mol. The van der Waals surface area contributed by atoms with Crippen LogP contribution >= 0.6 is 0 Å². The molecular formula is C11H17NO3. The lowest BCUT2D eigenvalue weighted by atomic mass is 10.1. The first kappa shape index (κ1) is 11.8. The summed E-state index contributed by atoms with van der Waals surface area (Å²) in [6, 6.07) is 1.59. The highest BCUT2D eigenvalue weighted by Crippen LogP contribution is 2.04. The number of furan rings is 1. The summed E-state index contributed by atoms with van der Waals surface area (Å²) in [7, 11) is 0. The van der Waals surface area contributed by atoms with E-state index in [1.54, 1.807) is 6.07 Å². The number of aliphatic hydroxyl groups excluding tert-OH is 1. The lowest BCUT2D eigenvalue weighted by Crippen LogP contribution is -2.32. The van der Waals surface area contributed by atoms with Crippen LogP contribution in [0.4, 0.5) is 0 Å². The van der Waals surface area contributed by atoms with E-state index in [9.17, 15) is 9.90 Å². The van der Waals surface area contributed by atoms with E-state index in [1.165, 1.54) is 12.5 Å². The van der Waals surface area contributed by atoms with Gasteiger partial charge in [-0.25, -0.2) is 0 Å². The second-order valence-electron chi connectivity index (χ2n) is 4.01. The predicted molar refractivity (Wildman–Crippen MR) is 56.5 cm³/mol. The van der Waals surface area contributed by atoms with Crippen molar-refractivity contribution in [1.29, 1.82) is 0 Å². The molecule has 1 aromatic heterocycles. The van der Waals surface area contributed by atoms with Gasteiger partial charge in [0.2, 0.25) is 0 Å². The Labute approximate surface area is 89.3 Å². The summed E-state index contributed by atoms with van der Waals surface area (Å²) in [5.74, 6) is 0.206. The maximum atomic E-state index is 11.4. The summed E-state index contributed by atoms with van der Waals surface area (Å²) in [5.41, 5.74) is 0.478. The first-order chi connectivity index (χ1) is 7.09. The Morgan fingerprint density at radius 3 is 2.87 bits per heavy atom. The molecule has 0 spiro atoms. The molecule has 84 valence electrons. The quantitative estimate of drug-likeness (QED) is 0.774. The van der Waals surface area contributed by atoms with Gasteiger partial charge < -0.3 is 14.8 Å². The zero-order valence-electron chi connectivity index (χ0n) is 9.06. The molecule has 0 aromatic carbocycles.